The number of carbonyl (C=O) groups is 2. The molecule has 0 aliphatic heterocycles. The Bertz CT molecular complexity index is 374. The summed E-state index contributed by atoms with van der Waals surface area (Å²) in [5.41, 5.74) is -2.46. The van der Waals surface area contributed by atoms with Crippen LogP contribution in [0.2, 0.25) is 0 Å². The Labute approximate surface area is 119 Å². The van der Waals surface area contributed by atoms with Crippen LogP contribution in [0.25, 0.3) is 0 Å². The highest BCUT2D eigenvalue weighted by atomic mass is 16.6. The van der Waals surface area contributed by atoms with Crippen molar-refractivity contribution in [2.45, 2.75) is 50.9 Å². The molecular formula is C14H23NO5. The zero-order valence-electron chi connectivity index (χ0n) is 12.2. The van der Waals surface area contributed by atoms with Crippen LogP contribution >= 0.6 is 0 Å². The van der Waals surface area contributed by atoms with Crippen LogP contribution in [0.4, 0.5) is 4.79 Å². The molecule has 0 rings (SSSR count). The number of hydrogen-bond donors (Lipinski definition) is 3. The van der Waals surface area contributed by atoms with Crippen molar-refractivity contribution in [3.05, 3.63) is 25.3 Å². The maximum Gasteiger partial charge on any atom is 0.408 e. The van der Waals surface area contributed by atoms with Crippen LogP contribution in [0.5, 0.6) is 0 Å². The van der Waals surface area contributed by atoms with Gasteiger partial charge in [-0.2, -0.15) is 0 Å². The molecule has 6 heteroatoms. The summed E-state index contributed by atoms with van der Waals surface area (Å²) in [4.78, 5) is 23.0. The molecule has 3 N–H and O–H groups in total. The minimum Gasteiger partial charge on any atom is -0.480 e. The van der Waals surface area contributed by atoms with E-state index in [9.17, 15) is 19.8 Å². The van der Waals surface area contributed by atoms with Gasteiger partial charge in [-0.25, -0.2) is 9.59 Å². The monoisotopic (exact) mass is 285 g/mol. The molecule has 0 aromatic heterocycles. The van der Waals surface area contributed by atoms with Gasteiger partial charge in [0.05, 0.1) is 0 Å². The molecule has 0 spiro atoms. The van der Waals surface area contributed by atoms with Crippen LogP contribution in [-0.4, -0.2) is 39.5 Å². The number of aliphatic carboxylic acids is 1. The molecule has 0 aromatic rings. The first kappa shape index (κ1) is 18.2. The Morgan fingerprint density at radius 3 is 2.00 bits per heavy atom. The minimum absolute atomic E-state index is 0.00815. The predicted molar refractivity (Wildman–Crippen MR) is 75.4 cm³/mol. The highest BCUT2D eigenvalue weighted by molar-refractivity contribution is 5.81. The van der Waals surface area contributed by atoms with Crippen molar-refractivity contribution in [2.24, 2.45) is 0 Å². The third-order valence-electron chi connectivity index (χ3n) is 2.44. The van der Waals surface area contributed by atoms with E-state index in [1.807, 2.05) is 0 Å². The normalized spacial score (nSPS) is 13.2. The molecule has 0 saturated carbocycles. The summed E-state index contributed by atoms with van der Waals surface area (Å²) in [5, 5.41) is 21.8. The maximum atomic E-state index is 11.7. The van der Waals surface area contributed by atoms with E-state index in [2.05, 4.69) is 18.5 Å². The van der Waals surface area contributed by atoms with Gasteiger partial charge in [-0.15, -0.1) is 13.2 Å². The van der Waals surface area contributed by atoms with Crippen molar-refractivity contribution < 1.29 is 24.5 Å². The van der Waals surface area contributed by atoms with E-state index in [1.54, 1.807) is 20.8 Å². The Morgan fingerprint density at radius 1 is 1.25 bits per heavy atom. The summed E-state index contributed by atoms with van der Waals surface area (Å²) in [6.45, 7) is 11.9. The summed E-state index contributed by atoms with van der Waals surface area (Å²) < 4.78 is 4.99. The van der Waals surface area contributed by atoms with Gasteiger partial charge in [-0.1, -0.05) is 12.2 Å². The molecule has 1 amide bonds. The molecule has 0 aromatic carbocycles. The lowest BCUT2D eigenvalue weighted by atomic mass is 9.87. The summed E-state index contributed by atoms with van der Waals surface area (Å²) in [5.74, 6) is -1.36. The topological polar surface area (TPSA) is 95.9 Å². The van der Waals surface area contributed by atoms with E-state index in [0.29, 0.717) is 0 Å². The van der Waals surface area contributed by atoms with Crippen molar-refractivity contribution in [1.82, 2.24) is 5.32 Å². The zero-order chi connectivity index (χ0) is 16.0. The zero-order valence-corrected chi connectivity index (χ0v) is 12.2. The van der Waals surface area contributed by atoms with Crippen molar-refractivity contribution >= 4 is 12.1 Å². The highest BCUT2D eigenvalue weighted by Crippen LogP contribution is 2.22. The van der Waals surface area contributed by atoms with Crippen LogP contribution in [0.15, 0.2) is 25.3 Å². The van der Waals surface area contributed by atoms with Crippen LogP contribution in [0.1, 0.15) is 33.6 Å². The molecular weight excluding hydrogens is 262 g/mol. The Kier molecular flexibility index (Phi) is 6.45. The second-order valence-corrected chi connectivity index (χ2v) is 5.51. The number of hydrogen-bond acceptors (Lipinski definition) is 4. The molecule has 0 unspecified atom stereocenters. The standard InChI is InChI=1S/C14H23NO5/c1-6-8-14(19,9-7-2)10(11(16)17)15-12(18)20-13(3,4)5/h6-7,10,19H,1-2,8-9H2,3-5H3,(H,15,18)(H,16,17)/t10-/m1/s1. The van der Waals surface area contributed by atoms with E-state index < -0.39 is 29.3 Å². The lowest BCUT2D eigenvalue weighted by Crippen LogP contribution is -2.57. The summed E-state index contributed by atoms with van der Waals surface area (Å²) in [6.07, 6.45) is 1.85. The minimum atomic E-state index is -1.70. The number of amides is 1. The number of carboxylic acids is 1. The van der Waals surface area contributed by atoms with Gasteiger partial charge in [-0.3, -0.25) is 0 Å². The number of alkyl carbamates (subject to hydrolysis) is 1. The average molecular weight is 285 g/mol. The molecule has 6 nitrogen and oxygen atoms in total. The van der Waals surface area contributed by atoms with E-state index >= 15 is 0 Å². The van der Waals surface area contributed by atoms with Gasteiger partial charge < -0.3 is 20.3 Å². The number of rotatable bonds is 7. The van der Waals surface area contributed by atoms with Gasteiger partial charge in [0.2, 0.25) is 0 Å². The molecule has 0 bridgehead atoms. The van der Waals surface area contributed by atoms with Gasteiger partial charge >= 0.3 is 12.1 Å². The van der Waals surface area contributed by atoms with Crippen molar-refractivity contribution in [2.75, 3.05) is 0 Å². The van der Waals surface area contributed by atoms with E-state index in [-0.39, 0.29) is 12.8 Å². The third-order valence-corrected chi connectivity index (χ3v) is 2.44. The van der Waals surface area contributed by atoms with E-state index in [0.717, 1.165) is 0 Å². The SMILES string of the molecule is C=CCC(O)(CC=C)[C@H](NC(=O)OC(C)(C)C)C(=O)O. The summed E-state index contributed by atoms with van der Waals surface area (Å²) in [6, 6.07) is -1.52. The van der Waals surface area contributed by atoms with Crippen LogP contribution in [0.3, 0.4) is 0 Å². The van der Waals surface area contributed by atoms with Crippen LogP contribution in [0, 0.1) is 0 Å². The molecule has 0 heterocycles. The fourth-order valence-electron chi connectivity index (χ4n) is 1.67. The van der Waals surface area contributed by atoms with Gasteiger partial charge in [0.1, 0.15) is 11.2 Å². The number of aliphatic hydroxyl groups is 1. The first-order chi connectivity index (χ1) is 9.05. The summed E-state index contributed by atoms with van der Waals surface area (Å²) in [7, 11) is 0. The Hall–Kier alpha value is -1.82. The maximum absolute atomic E-state index is 11.7. The Morgan fingerprint density at radius 2 is 1.70 bits per heavy atom. The number of ether oxygens (including phenoxy) is 1. The van der Waals surface area contributed by atoms with Crippen molar-refractivity contribution in [3.63, 3.8) is 0 Å². The van der Waals surface area contributed by atoms with Gasteiger partial charge in [0.25, 0.3) is 0 Å². The van der Waals surface area contributed by atoms with Gasteiger partial charge in [-0.05, 0) is 33.6 Å². The number of nitrogens with one attached hydrogen (secondary N) is 1. The number of carbonyl (C=O) groups excluding carboxylic acids is 1. The predicted octanol–water partition coefficient (Wildman–Crippen LogP) is 1.85. The van der Waals surface area contributed by atoms with E-state index in [4.69, 9.17) is 4.74 Å². The fraction of sp³-hybridized carbons (Fsp3) is 0.571. The molecule has 0 fully saturated rings. The average Bonchev–Trinajstić information content (AvgIpc) is 2.23. The molecule has 114 valence electrons. The van der Waals surface area contributed by atoms with Gasteiger partial charge in [0.15, 0.2) is 6.04 Å². The lowest BCUT2D eigenvalue weighted by Gasteiger charge is -2.33. The van der Waals surface area contributed by atoms with Crippen molar-refractivity contribution in [1.29, 1.82) is 0 Å². The second-order valence-electron chi connectivity index (χ2n) is 5.51. The highest BCUT2D eigenvalue weighted by Gasteiger charge is 2.41. The molecule has 20 heavy (non-hydrogen) atoms. The third kappa shape index (κ3) is 5.88. The smallest absolute Gasteiger partial charge is 0.408 e. The fourth-order valence-corrected chi connectivity index (χ4v) is 1.67. The number of carboxylic acid groups (broad SMARTS) is 1. The molecule has 1 atom stereocenters. The lowest BCUT2D eigenvalue weighted by molar-refractivity contribution is -0.147. The van der Waals surface area contributed by atoms with Crippen LogP contribution < -0.4 is 5.32 Å². The summed E-state index contributed by atoms with van der Waals surface area (Å²) >= 11 is 0. The molecule has 0 aliphatic rings. The largest absolute Gasteiger partial charge is 0.480 e. The molecule has 0 radical (unpaired) electrons. The Balaban J connectivity index is 5.12. The second kappa shape index (κ2) is 7.09. The first-order valence-corrected chi connectivity index (χ1v) is 6.22. The van der Waals surface area contributed by atoms with Gasteiger partial charge in [0, 0.05) is 0 Å². The molecule has 0 aliphatic carbocycles. The quantitative estimate of drug-likeness (QED) is 0.620. The van der Waals surface area contributed by atoms with Crippen LogP contribution in [-0.2, 0) is 9.53 Å². The van der Waals surface area contributed by atoms with E-state index in [1.165, 1.54) is 12.2 Å². The molecule has 0 saturated heterocycles. The van der Waals surface area contributed by atoms with Crippen molar-refractivity contribution in [3.8, 4) is 0 Å². The first-order valence-electron chi connectivity index (χ1n) is 6.22.